The molecule has 0 spiro atoms. The Hall–Kier alpha value is -0.0800. The van der Waals surface area contributed by atoms with Crippen molar-refractivity contribution in [3.05, 3.63) is 0 Å². The largest absolute Gasteiger partial charge is 0.387 e. The molecule has 86 valence electrons. The smallest absolute Gasteiger partial charge is 0.0955 e. The van der Waals surface area contributed by atoms with Crippen molar-refractivity contribution < 1.29 is 10.2 Å². The molecule has 0 bridgehead atoms. The summed E-state index contributed by atoms with van der Waals surface area (Å²) in [5.74, 6) is 0. The molecule has 0 aliphatic carbocycles. The summed E-state index contributed by atoms with van der Waals surface area (Å²) in [6, 6.07) is 0. The van der Waals surface area contributed by atoms with Crippen LogP contribution in [0.3, 0.4) is 0 Å². The molecule has 0 rings (SSSR count). The van der Waals surface area contributed by atoms with E-state index < -0.39 is 11.2 Å². The summed E-state index contributed by atoms with van der Waals surface area (Å²) in [6.07, 6.45) is 0. The van der Waals surface area contributed by atoms with Gasteiger partial charge in [0.15, 0.2) is 0 Å². The Labute approximate surface area is 88.3 Å². The van der Waals surface area contributed by atoms with E-state index in [-0.39, 0.29) is 10.8 Å². The first-order valence-corrected chi connectivity index (χ1v) is 5.20. The maximum Gasteiger partial charge on any atom is 0.0955 e. The predicted molar refractivity (Wildman–Crippen MR) is 60.2 cm³/mol. The Bertz CT molecular complexity index is 177. The lowest BCUT2D eigenvalue weighted by Crippen LogP contribution is -2.61. The third-order valence-electron chi connectivity index (χ3n) is 4.28. The molecule has 14 heavy (non-hydrogen) atoms. The summed E-state index contributed by atoms with van der Waals surface area (Å²) in [4.78, 5) is 0. The molecule has 0 aromatic rings. The Balaban J connectivity index is 5.30. The van der Waals surface area contributed by atoms with Gasteiger partial charge in [0.05, 0.1) is 11.2 Å². The van der Waals surface area contributed by atoms with Crippen molar-refractivity contribution in [2.24, 2.45) is 10.8 Å². The molecule has 0 aliphatic rings. The topological polar surface area (TPSA) is 40.5 Å². The van der Waals surface area contributed by atoms with Crippen molar-refractivity contribution >= 4 is 0 Å². The molecule has 0 saturated carbocycles. The molecule has 1 unspecified atom stereocenters. The molecule has 0 amide bonds. The summed E-state index contributed by atoms with van der Waals surface area (Å²) in [7, 11) is 0. The lowest BCUT2D eigenvalue weighted by molar-refractivity contribution is -0.209. The predicted octanol–water partition coefficient (Wildman–Crippen LogP) is 2.58. The monoisotopic (exact) mass is 202 g/mol. The van der Waals surface area contributed by atoms with Crippen LogP contribution >= 0.6 is 0 Å². The van der Waals surface area contributed by atoms with Crippen LogP contribution in [0.2, 0.25) is 0 Å². The Morgan fingerprint density at radius 3 is 1.00 bits per heavy atom. The van der Waals surface area contributed by atoms with Gasteiger partial charge in [-0.05, 0) is 26.2 Å². The van der Waals surface area contributed by atoms with Crippen molar-refractivity contribution in [1.29, 1.82) is 0 Å². The quantitative estimate of drug-likeness (QED) is 0.722. The van der Waals surface area contributed by atoms with Crippen LogP contribution in [-0.4, -0.2) is 21.4 Å². The maximum absolute atomic E-state index is 10.5. The lowest BCUT2D eigenvalue weighted by Gasteiger charge is -2.54. The molecule has 0 saturated heterocycles. The van der Waals surface area contributed by atoms with E-state index in [1.165, 1.54) is 0 Å². The van der Waals surface area contributed by atoms with Crippen LogP contribution in [0.15, 0.2) is 0 Å². The van der Waals surface area contributed by atoms with Gasteiger partial charge in [-0.3, -0.25) is 0 Å². The Morgan fingerprint density at radius 1 is 0.643 bits per heavy atom. The van der Waals surface area contributed by atoms with Crippen LogP contribution in [0.5, 0.6) is 0 Å². The molecular weight excluding hydrogens is 176 g/mol. The van der Waals surface area contributed by atoms with Gasteiger partial charge in [-0.25, -0.2) is 0 Å². The second kappa shape index (κ2) is 3.21. The van der Waals surface area contributed by atoms with Gasteiger partial charge >= 0.3 is 0 Å². The van der Waals surface area contributed by atoms with Crippen molar-refractivity contribution in [2.75, 3.05) is 0 Å². The molecule has 1 atom stereocenters. The highest BCUT2D eigenvalue weighted by Gasteiger charge is 2.54. The van der Waals surface area contributed by atoms with Crippen LogP contribution in [0.25, 0.3) is 0 Å². The number of aliphatic hydroxyl groups is 2. The van der Waals surface area contributed by atoms with Crippen molar-refractivity contribution in [3.63, 3.8) is 0 Å². The van der Waals surface area contributed by atoms with Crippen LogP contribution in [0, 0.1) is 10.8 Å². The third-order valence-corrected chi connectivity index (χ3v) is 4.28. The zero-order valence-electron chi connectivity index (χ0n) is 10.9. The van der Waals surface area contributed by atoms with Gasteiger partial charge in [-0.2, -0.15) is 0 Å². The van der Waals surface area contributed by atoms with Gasteiger partial charge in [-0.15, -0.1) is 0 Å². The van der Waals surface area contributed by atoms with Crippen LogP contribution in [0.4, 0.5) is 0 Å². The molecule has 0 heterocycles. The molecule has 2 N–H and O–H groups in total. The van der Waals surface area contributed by atoms with E-state index in [1.807, 2.05) is 13.8 Å². The van der Waals surface area contributed by atoms with E-state index in [9.17, 15) is 10.2 Å². The first-order valence-electron chi connectivity index (χ1n) is 5.20. The summed E-state index contributed by atoms with van der Waals surface area (Å²) < 4.78 is 0. The van der Waals surface area contributed by atoms with Gasteiger partial charge in [0.25, 0.3) is 0 Å². The molecule has 0 aromatic heterocycles. The van der Waals surface area contributed by atoms with Gasteiger partial charge in [0.2, 0.25) is 0 Å². The molecule has 0 fully saturated rings. The van der Waals surface area contributed by atoms with E-state index in [2.05, 4.69) is 20.8 Å². The van der Waals surface area contributed by atoms with Crippen molar-refractivity contribution in [3.8, 4) is 0 Å². The minimum Gasteiger partial charge on any atom is -0.387 e. The first-order chi connectivity index (χ1) is 5.75. The zero-order valence-corrected chi connectivity index (χ0v) is 10.9. The number of rotatable bonds is 2. The molecule has 2 heteroatoms. The SMILES string of the molecule is CC(C)(C)C(C)(C)C(C)(O)C(C)(C)O. The Kier molecular flexibility index (Phi) is 3.19. The second-order valence-corrected chi connectivity index (χ2v) is 6.51. The van der Waals surface area contributed by atoms with Crippen LogP contribution in [-0.2, 0) is 0 Å². The zero-order chi connectivity index (χ0) is 12.0. The molecule has 0 aliphatic heterocycles. The normalized spacial score (nSPS) is 19.3. The van der Waals surface area contributed by atoms with Gasteiger partial charge in [-0.1, -0.05) is 34.6 Å². The highest BCUT2D eigenvalue weighted by atomic mass is 16.4. The summed E-state index contributed by atoms with van der Waals surface area (Å²) in [5.41, 5.74) is -2.68. The fourth-order valence-electron chi connectivity index (χ4n) is 1.49. The second-order valence-electron chi connectivity index (χ2n) is 6.51. The van der Waals surface area contributed by atoms with Crippen LogP contribution < -0.4 is 0 Å². The highest BCUT2D eigenvalue weighted by Crippen LogP contribution is 2.50. The fourth-order valence-corrected chi connectivity index (χ4v) is 1.49. The van der Waals surface area contributed by atoms with Gasteiger partial charge < -0.3 is 10.2 Å². The van der Waals surface area contributed by atoms with Gasteiger partial charge in [0, 0.05) is 5.41 Å². The number of hydrogen-bond donors (Lipinski definition) is 2. The average Bonchev–Trinajstić information content (AvgIpc) is 1.81. The fraction of sp³-hybridized carbons (Fsp3) is 1.00. The summed E-state index contributed by atoms with van der Waals surface area (Å²) in [6.45, 7) is 15.2. The minimum atomic E-state index is -1.13. The standard InChI is InChI=1S/C12H26O2/c1-9(2,3)10(4,5)12(8,14)11(6,7)13/h13-14H,1-8H3. The average molecular weight is 202 g/mol. The van der Waals surface area contributed by atoms with E-state index in [1.54, 1.807) is 20.8 Å². The van der Waals surface area contributed by atoms with Crippen molar-refractivity contribution in [1.82, 2.24) is 0 Å². The van der Waals surface area contributed by atoms with Crippen LogP contribution in [0.1, 0.15) is 55.4 Å². The molecule has 0 aromatic carbocycles. The summed E-state index contributed by atoms with van der Waals surface area (Å²) in [5, 5.41) is 20.5. The van der Waals surface area contributed by atoms with E-state index >= 15 is 0 Å². The highest BCUT2D eigenvalue weighted by molar-refractivity contribution is 5.05. The minimum absolute atomic E-state index is 0.0729. The first kappa shape index (κ1) is 13.9. The van der Waals surface area contributed by atoms with E-state index in [4.69, 9.17) is 0 Å². The van der Waals surface area contributed by atoms with Crippen molar-refractivity contribution in [2.45, 2.75) is 66.6 Å². The lowest BCUT2D eigenvalue weighted by atomic mass is 9.56. The maximum atomic E-state index is 10.5. The Morgan fingerprint density at radius 2 is 0.929 bits per heavy atom. The number of hydrogen-bond acceptors (Lipinski definition) is 2. The molecule has 2 nitrogen and oxygen atoms in total. The summed E-state index contributed by atoms with van der Waals surface area (Å²) >= 11 is 0. The molecule has 0 radical (unpaired) electrons. The van der Waals surface area contributed by atoms with E-state index in [0.717, 1.165) is 0 Å². The molecular formula is C12H26O2. The van der Waals surface area contributed by atoms with Gasteiger partial charge in [0.1, 0.15) is 0 Å². The third kappa shape index (κ3) is 1.96. The van der Waals surface area contributed by atoms with E-state index in [0.29, 0.717) is 0 Å².